The van der Waals surface area contributed by atoms with Gasteiger partial charge < -0.3 is 5.32 Å². The number of nitrogens with zero attached hydrogens (tertiary/aromatic N) is 2. The summed E-state index contributed by atoms with van der Waals surface area (Å²) in [6, 6.07) is 15.5. The molecule has 0 spiro atoms. The summed E-state index contributed by atoms with van der Waals surface area (Å²) >= 11 is 1.22. The van der Waals surface area contributed by atoms with Gasteiger partial charge in [-0.3, -0.25) is 14.5 Å². The van der Waals surface area contributed by atoms with E-state index in [0.29, 0.717) is 23.8 Å². The molecule has 1 heterocycles. The summed E-state index contributed by atoms with van der Waals surface area (Å²) in [4.78, 5) is 30.5. The van der Waals surface area contributed by atoms with E-state index in [4.69, 9.17) is 0 Å². The minimum Gasteiger partial charge on any atom is -0.351 e. The zero-order chi connectivity index (χ0) is 19.9. The Morgan fingerprint density at radius 3 is 2.57 bits per heavy atom. The minimum atomic E-state index is -0.337. The Morgan fingerprint density at radius 2 is 1.89 bits per heavy atom. The average molecular weight is 397 g/mol. The third kappa shape index (κ3) is 5.07. The first-order chi connectivity index (χ1) is 13.6. The highest BCUT2D eigenvalue weighted by atomic mass is 32.2. The number of carbonyl (C=O) groups excluding carboxylic acids is 2. The number of aliphatic imine (C=N–C) groups is 1. The standard InChI is InChI=1S/C21H20FN3O2S/c1-2-25-20(27)18(12-15-8-10-17(22)11-9-15)24-21(25)28-14-19(26)23-13-16-6-4-3-5-7-16/h3-12H,2,13-14H2,1H3,(H,23,26). The molecule has 7 heteroatoms. The molecule has 0 aliphatic carbocycles. The van der Waals surface area contributed by atoms with Crippen LogP contribution >= 0.6 is 11.8 Å². The van der Waals surface area contributed by atoms with Crippen LogP contribution in [-0.4, -0.2) is 34.2 Å². The smallest absolute Gasteiger partial charge is 0.278 e. The van der Waals surface area contributed by atoms with Crippen molar-refractivity contribution >= 4 is 34.8 Å². The lowest BCUT2D eigenvalue weighted by molar-refractivity contribution is -0.122. The SMILES string of the molecule is CCN1C(=O)C(=Cc2ccc(F)cc2)N=C1SCC(=O)NCc1ccccc1. The van der Waals surface area contributed by atoms with Gasteiger partial charge in [0.05, 0.1) is 5.75 Å². The topological polar surface area (TPSA) is 61.8 Å². The van der Waals surface area contributed by atoms with Crippen molar-refractivity contribution in [2.75, 3.05) is 12.3 Å². The fourth-order valence-electron chi connectivity index (χ4n) is 2.61. The van der Waals surface area contributed by atoms with Crippen molar-refractivity contribution < 1.29 is 14.0 Å². The summed E-state index contributed by atoms with van der Waals surface area (Å²) in [5.74, 6) is -0.523. The summed E-state index contributed by atoms with van der Waals surface area (Å²) < 4.78 is 13.0. The Labute approximate surface area is 167 Å². The fourth-order valence-corrected chi connectivity index (χ4v) is 3.51. The molecule has 0 saturated carbocycles. The van der Waals surface area contributed by atoms with Crippen LogP contribution in [0.1, 0.15) is 18.1 Å². The van der Waals surface area contributed by atoms with E-state index in [1.54, 1.807) is 18.2 Å². The molecule has 5 nitrogen and oxygen atoms in total. The molecule has 1 aliphatic rings. The van der Waals surface area contributed by atoms with Crippen molar-refractivity contribution in [1.82, 2.24) is 10.2 Å². The lowest BCUT2D eigenvalue weighted by Gasteiger charge is -2.14. The Kier molecular flexibility index (Phi) is 6.60. The number of amides is 2. The highest BCUT2D eigenvalue weighted by Crippen LogP contribution is 2.23. The molecule has 2 amide bonds. The summed E-state index contributed by atoms with van der Waals surface area (Å²) in [5, 5.41) is 3.35. The number of rotatable bonds is 6. The van der Waals surface area contributed by atoms with Gasteiger partial charge in [0.1, 0.15) is 11.5 Å². The van der Waals surface area contributed by atoms with E-state index in [0.717, 1.165) is 5.56 Å². The fraction of sp³-hybridized carbons (Fsp3) is 0.190. The van der Waals surface area contributed by atoms with Crippen molar-refractivity contribution in [2.45, 2.75) is 13.5 Å². The number of nitrogens with one attached hydrogen (secondary N) is 1. The zero-order valence-corrected chi connectivity index (χ0v) is 16.2. The van der Waals surface area contributed by atoms with E-state index < -0.39 is 0 Å². The van der Waals surface area contributed by atoms with Gasteiger partial charge in [-0.1, -0.05) is 54.2 Å². The summed E-state index contributed by atoms with van der Waals surface area (Å²) in [5.41, 5.74) is 1.99. The molecule has 1 N–H and O–H groups in total. The van der Waals surface area contributed by atoms with E-state index in [-0.39, 0.29) is 29.1 Å². The molecule has 28 heavy (non-hydrogen) atoms. The van der Waals surface area contributed by atoms with Gasteiger partial charge in [-0.2, -0.15) is 0 Å². The number of thioether (sulfide) groups is 1. The van der Waals surface area contributed by atoms with Gasteiger partial charge in [0.15, 0.2) is 5.17 Å². The maximum Gasteiger partial charge on any atom is 0.278 e. The van der Waals surface area contributed by atoms with Crippen molar-refractivity contribution in [2.24, 2.45) is 4.99 Å². The lowest BCUT2D eigenvalue weighted by Crippen LogP contribution is -2.32. The summed E-state index contributed by atoms with van der Waals surface area (Å²) in [7, 11) is 0. The molecule has 1 aliphatic heterocycles. The van der Waals surface area contributed by atoms with Crippen LogP contribution in [0.25, 0.3) is 6.08 Å². The van der Waals surface area contributed by atoms with Crippen molar-refractivity contribution in [3.8, 4) is 0 Å². The highest BCUT2D eigenvalue weighted by Gasteiger charge is 2.29. The summed E-state index contributed by atoms with van der Waals surface area (Å²) in [6.07, 6.45) is 1.62. The van der Waals surface area contributed by atoms with Crippen molar-refractivity contribution in [3.63, 3.8) is 0 Å². The quantitative estimate of drug-likeness (QED) is 0.760. The average Bonchev–Trinajstić information content (AvgIpc) is 3.01. The van der Waals surface area contributed by atoms with Crippen LogP contribution in [0.2, 0.25) is 0 Å². The van der Waals surface area contributed by atoms with Crippen LogP contribution in [0.5, 0.6) is 0 Å². The number of hydrogen-bond acceptors (Lipinski definition) is 4. The molecule has 0 unspecified atom stereocenters. The second-order valence-electron chi connectivity index (χ2n) is 6.08. The number of likely N-dealkylation sites (N-methyl/N-ethyl adjacent to an activating group) is 1. The van der Waals surface area contributed by atoms with Crippen LogP contribution in [-0.2, 0) is 16.1 Å². The Morgan fingerprint density at radius 1 is 1.18 bits per heavy atom. The Balaban J connectivity index is 1.62. The third-order valence-corrected chi connectivity index (χ3v) is 5.04. The van der Waals surface area contributed by atoms with E-state index in [1.165, 1.54) is 28.8 Å². The maximum absolute atomic E-state index is 13.0. The molecule has 2 aromatic carbocycles. The van der Waals surface area contributed by atoms with Crippen LogP contribution in [0.4, 0.5) is 4.39 Å². The maximum atomic E-state index is 13.0. The van der Waals surface area contributed by atoms with E-state index in [2.05, 4.69) is 10.3 Å². The molecule has 0 radical (unpaired) electrons. The Hall–Kier alpha value is -2.93. The molecule has 3 rings (SSSR count). The van der Waals surface area contributed by atoms with E-state index in [9.17, 15) is 14.0 Å². The van der Waals surface area contributed by atoms with Gasteiger partial charge in [0.2, 0.25) is 5.91 Å². The molecule has 0 aromatic heterocycles. The van der Waals surface area contributed by atoms with Gasteiger partial charge in [0.25, 0.3) is 5.91 Å². The molecule has 144 valence electrons. The second kappa shape index (κ2) is 9.32. The van der Waals surface area contributed by atoms with Crippen molar-refractivity contribution in [1.29, 1.82) is 0 Å². The second-order valence-corrected chi connectivity index (χ2v) is 7.02. The first kappa shape index (κ1) is 19.8. The first-order valence-electron chi connectivity index (χ1n) is 8.88. The van der Waals surface area contributed by atoms with E-state index in [1.807, 2.05) is 37.3 Å². The first-order valence-corrected chi connectivity index (χ1v) is 9.86. The molecule has 0 atom stereocenters. The van der Waals surface area contributed by atoms with Crippen LogP contribution in [0.15, 0.2) is 65.3 Å². The number of carbonyl (C=O) groups is 2. The highest BCUT2D eigenvalue weighted by molar-refractivity contribution is 8.14. The van der Waals surface area contributed by atoms with Gasteiger partial charge in [-0.25, -0.2) is 9.38 Å². The van der Waals surface area contributed by atoms with E-state index >= 15 is 0 Å². The van der Waals surface area contributed by atoms with Gasteiger partial charge in [-0.15, -0.1) is 0 Å². The number of halogens is 1. The predicted octanol–water partition coefficient (Wildman–Crippen LogP) is 3.43. The molecule has 0 fully saturated rings. The van der Waals surface area contributed by atoms with Gasteiger partial charge >= 0.3 is 0 Å². The van der Waals surface area contributed by atoms with Crippen LogP contribution in [0.3, 0.4) is 0 Å². The number of benzene rings is 2. The molecule has 0 saturated heterocycles. The minimum absolute atomic E-state index is 0.129. The Bertz CT molecular complexity index is 911. The monoisotopic (exact) mass is 397 g/mol. The van der Waals surface area contributed by atoms with Crippen molar-refractivity contribution in [3.05, 3.63) is 77.2 Å². The third-order valence-electron chi connectivity index (χ3n) is 4.07. The number of hydrogen-bond donors (Lipinski definition) is 1. The normalized spacial score (nSPS) is 15.1. The van der Waals surface area contributed by atoms with Gasteiger partial charge in [-0.05, 0) is 36.3 Å². The van der Waals surface area contributed by atoms with Crippen LogP contribution < -0.4 is 5.32 Å². The lowest BCUT2D eigenvalue weighted by atomic mass is 10.2. The predicted molar refractivity (Wildman–Crippen MR) is 110 cm³/mol. The largest absolute Gasteiger partial charge is 0.351 e. The van der Waals surface area contributed by atoms with Crippen LogP contribution in [0, 0.1) is 5.82 Å². The molecule has 0 bridgehead atoms. The molecule has 2 aromatic rings. The summed E-state index contributed by atoms with van der Waals surface area (Å²) in [6.45, 7) is 2.76. The zero-order valence-electron chi connectivity index (χ0n) is 15.4. The van der Waals surface area contributed by atoms with Gasteiger partial charge in [0, 0.05) is 13.1 Å². The molecular weight excluding hydrogens is 377 g/mol. The number of amidine groups is 1. The molecular formula is C21H20FN3O2S.